The molecule has 0 unspecified atom stereocenters. The van der Waals surface area contributed by atoms with E-state index in [9.17, 15) is 9.59 Å². The van der Waals surface area contributed by atoms with Crippen molar-refractivity contribution in [3.63, 3.8) is 0 Å². The Bertz CT molecular complexity index is 1080. The van der Waals surface area contributed by atoms with Gasteiger partial charge >= 0.3 is 5.97 Å². The molecule has 2 aromatic carbocycles. The molecule has 1 aliphatic rings. The normalized spacial score (nSPS) is 13.1. The number of amides is 1. The van der Waals surface area contributed by atoms with Crippen LogP contribution in [0.4, 0.5) is 0 Å². The maximum atomic E-state index is 12.4. The predicted octanol–water partition coefficient (Wildman–Crippen LogP) is 2.27. The van der Waals surface area contributed by atoms with Crippen molar-refractivity contribution in [2.45, 2.75) is 13.0 Å². The zero-order valence-corrected chi connectivity index (χ0v) is 15.3. The number of hydrogen-bond donors (Lipinski definition) is 0. The quantitative estimate of drug-likeness (QED) is 0.645. The van der Waals surface area contributed by atoms with Crippen molar-refractivity contribution >= 4 is 33.4 Å². The summed E-state index contributed by atoms with van der Waals surface area (Å²) in [7, 11) is 1.32. The van der Waals surface area contributed by atoms with Gasteiger partial charge in [-0.1, -0.05) is 41.7 Å². The topological polar surface area (TPSA) is 79.1 Å². The lowest BCUT2D eigenvalue weighted by Gasteiger charge is -2.04. The van der Waals surface area contributed by atoms with E-state index < -0.39 is 5.97 Å². The first-order chi connectivity index (χ1) is 13.1. The Labute approximate surface area is 158 Å². The Morgan fingerprint density at radius 3 is 2.67 bits per heavy atom. The average molecular weight is 384 g/mol. The largest absolute Gasteiger partial charge is 0.468 e. The van der Waals surface area contributed by atoms with Crippen LogP contribution in [0.2, 0.25) is 0 Å². The summed E-state index contributed by atoms with van der Waals surface area (Å²) in [6, 6.07) is 13.0. The third-order valence-corrected chi connectivity index (χ3v) is 5.15. The lowest BCUT2D eigenvalue weighted by molar-refractivity contribution is -0.141. The number of aromatic nitrogens is 1. The number of thiazole rings is 1. The summed E-state index contributed by atoms with van der Waals surface area (Å²) in [5.41, 5.74) is 1.62. The van der Waals surface area contributed by atoms with Crippen LogP contribution < -0.4 is 14.3 Å². The first kappa shape index (κ1) is 17.3. The predicted molar refractivity (Wildman–Crippen MR) is 98.7 cm³/mol. The van der Waals surface area contributed by atoms with E-state index in [-0.39, 0.29) is 25.7 Å². The third kappa shape index (κ3) is 3.56. The van der Waals surface area contributed by atoms with E-state index in [0.717, 1.165) is 15.8 Å². The van der Waals surface area contributed by atoms with Crippen molar-refractivity contribution < 1.29 is 23.8 Å². The lowest BCUT2D eigenvalue weighted by atomic mass is 10.1. The molecule has 0 aliphatic carbocycles. The number of nitrogens with zero attached hydrogens (tertiary/aromatic N) is 2. The molecule has 0 radical (unpaired) electrons. The van der Waals surface area contributed by atoms with Crippen LogP contribution in [-0.4, -0.2) is 30.3 Å². The van der Waals surface area contributed by atoms with Gasteiger partial charge in [0.1, 0.15) is 6.54 Å². The van der Waals surface area contributed by atoms with Gasteiger partial charge < -0.3 is 18.8 Å². The van der Waals surface area contributed by atoms with Gasteiger partial charge in [-0.15, -0.1) is 0 Å². The van der Waals surface area contributed by atoms with Crippen LogP contribution in [-0.2, 0) is 27.3 Å². The Morgan fingerprint density at radius 1 is 1.19 bits per heavy atom. The molecule has 27 heavy (non-hydrogen) atoms. The molecule has 0 saturated carbocycles. The molecule has 4 rings (SSSR count). The lowest BCUT2D eigenvalue weighted by Crippen LogP contribution is -2.22. The van der Waals surface area contributed by atoms with Crippen molar-refractivity contribution in [2.75, 3.05) is 13.9 Å². The molecule has 0 fully saturated rings. The minimum absolute atomic E-state index is 0.0480. The van der Waals surface area contributed by atoms with Gasteiger partial charge in [0.2, 0.25) is 6.79 Å². The zero-order chi connectivity index (χ0) is 18.8. The van der Waals surface area contributed by atoms with E-state index >= 15 is 0 Å². The number of esters is 1. The highest BCUT2D eigenvalue weighted by Gasteiger charge is 2.19. The van der Waals surface area contributed by atoms with Gasteiger partial charge in [0.05, 0.1) is 23.7 Å². The summed E-state index contributed by atoms with van der Waals surface area (Å²) in [5.74, 6) is 0.521. The monoisotopic (exact) mass is 384 g/mol. The summed E-state index contributed by atoms with van der Waals surface area (Å²) in [4.78, 5) is 29.0. The molecule has 1 aliphatic heterocycles. The number of ether oxygens (including phenoxy) is 3. The molecule has 2 heterocycles. The number of hydrogen-bond acceptors (Lipinski definition) is 6. The van der Waals surface area contributed by atoms with Gasteiger partial charge in [-0.3, -0.25) is 9.59 Å². The fraction of sp³-hybridized carbons (Fsp3) is 0.211. The second-order valence-electron chi connectivity index (χ2n) is 5.89. The highest BCUT2D eigenvalue weighted by Crippen LogP contribution is 2.36. The number of methoxy groups -OCH3 is 1. The molecule has 138 valence electrons. The number of benzene rings is 2. The van der Waals surface area contributed by atoms with Gasteiger partial charge in [-0.25, -0.2) is 0 Å². The molecule has 0 saturated heterocycles. The molecule has 0 bridgehead atoms. The number of carbonyl (C=O) groups is 2. The maximum absolute atomic E-state index is 12.4. The summed E-state index contributed by atoms with van der Waals surface area (Å²) < 4.78 is 18.1. The summed E-state index contributed by atoms with van der Waals surface area (Å²) in [6.45, 7) is 0.115. The fourth-order valence-corrected chi connectivity index (χ4v) is 3.86. The first-order valence-corrected chi connectivity index (χ1v) is 9.07. The van der Waals surface area contributed by atoms with Gasteiger partial charge in [-0.2, -0.15) is 4.99 Å². The smallest absolute Gasteiger partial charge is 0.325 e. The van der Waals surface area contributed by atoms with Crippen LogP contribution >= 0.6 is 11.3 Å². The molecular formula is C19H16N2O5S. The number of fused-ring (bicyclic) bond motifs is 2. The van der Waals surface area contributed by atoms with Gasteiger partial charge in [0, 0.05) is 12.1 Å². The van der Waals surface area contributed by atoms with E-state index in [2.05, 4.69) is 4.99 Å². The molecule has 0 spiro atoms. The van der Waals surface area contributed by atoms with Crippen molar-refractivity contribution in [1.29, 1.82) is 0 Å². The second-order valence-corrected chi connectivity index (χ2v) is 6.90. The Kier molecular flexibility index (Phi) is 4.64. The Balaban J connectivity index is 1.77. The summed E-state index contributed by atoms with van der Waals surface area (Å²) in [6.07, 6.45) is 0.191. The van der Waals surface area contributed by atoms with E-state index in [4.69, 9.17) is 14.2 Å². The molecule has 1 aromatic heterocycles. The van der Waals surface area contributed by atoms with Crippen LogP contribution in [0.3, 0.4) is 0 Å². The van der Waals surface area contributed by atoms with Crippen molar-refractivity contribution in [1.82, 2.24) is 4.57 Å². The van der Waals surface area contributed by atoms with Crippen LogP contribution in [0.5, 0.6) is 11.5 Å². The van der Waals surface area contributed by atoms with Crippen LogP contribution in [0, 0.1) is 0 Å². The SMILES string of the molecule is COC(=O)Cn1c(=NC(=O)Cc2ccccc2)sc2cc3c(cc21)OCO3. The fourth-order valence-electron chi connectivity index (χ4n) is 2.81. The van der Waals surface area contributed by atoms with Crippen molar-refractivity contribution in [3.05, 3.63) is 52.8 Å². The molecule has 7 nitrogen and oxygen atoms in total. The Morgan fingerprint density at radius 2 is 1.93 bits per heavy atom. The molecule has 3 aromatic rings. The highest BCUT2D eigenvalue weighted by molar-refractivity contribution is 7.16. The van der Waals surface area contributed by atoms with E-state index in [1.54, 1.807) is 10.6 Å². The van der Waals surface area contributed by atoms with E-state index in [1.807, 2.05) is 36.4 Å². The maximum Gasteiger partial charge on any atom is 0.325 e. The minimum atomic E-state index is -0.427. The van der Waals surface area contributed by atoms with Crippen LogP contribution in [0.15, 0.2) is 47.5 Å². The minimum Gasteiger partial charge on any atom is -0.468 e. The van der Waals surface area contributed by atoms with Crippen LogP contribution in [0.1, 0.15) is 5.56 Å². The van der Waals surface area contributed by atoms with Gasteiger partial charge in [0.25, 0.3) is 5.91 Å². The highest BCUT2D eigenvalue weighted by atomic mass is 32.1. The van der Waals surface area contributed by atoms with Crippen LogP contribution in [0.25, 0.3) is 10.2 Å². The van der Waals surface area contributed by atoms with Gasteiger partial charge in [0.15, 0.2) is 16.3 Å². The number of carbonyl (C=O) groups excluding carboxylic acids is 2. The third-order valence-electron chi connectivity index (χ3n) is 4.11. The molecule has 0 atom stereocenters. The number of rotatable bonds is 4. The van der Waals surface area contributed by atoms with Gasteiger partial charge in [-0.05, 0) is 5.56 Å². The molecule has 1 amide bonds. The van der Waals surface area contributed by atoms with E-state index in [1.165, 1.54) is 18.4 Å². The zero-order valence-electron chi connectivity index (χ0n) is 14.5. The average Bonchev–Trinajstić information content (AvgIpc) is 3.25. The Hall–Kier alpha value is -3.13. The standard InChI is InChI=1S/C19H16N2O5S/c1-24-18(23)10-21-13-8-14-15(26-11-25-14)9-16(13)27-19(21)20-17(22)7-12-5-3-2-4-6-12/h2-6,8-9H,7,10-11H2,1H3. The molecule has 8 heteroatoms. The first-order valence-electron chi connectivity index (χ1n) is 8.25. The molecule has 0 N–H and O–H groups in total. The second kappa shape index (κ2) is 7.24. The van der Waals surface area contributed by atoms with Crippen molar-refractivity contribution in [2.24, 2.45) is 4.99 Å². The van der Waals surface area contributed by atoms with E-state index in [0.29, 0.717) is 16.3 Å². The summed E-state index contributed by atoms with van der Waals surface area (Å²) >= 11 is 1.31. The van der Waals surface area contributed by atoms with Crippen molar-refractivity contribution in [3.8, 4) is 11.5 Å². The molecular weight excluding hydrogens is 368 g/mol. The summed E-state index contributed by atoms with van der Waals surface area (Å²) in [5, 5.41) is 0.